The molecule has 1 aromatic heterocycles. The smallest absolute Gasteiger partial charge is 0.316 e. The second kappa shape index (κ2) is 11.4. The predicted octanol–water partition coefficient (Wildman–Crippen LogP) is 7.65. The van der Waals surface area contributed by atoms with Gasteiger partial charge in [0.25, 0.3) is 0 Å². The van der Waals surface area contributed by atoms with Gasteiger partial charge in [0.15, 0.2) is 11.0 Å². The molecule has 0 N–H and O–H groups in total. The van der Waals surface area contributed by atoms with Crippen LogP contribution >= 0.6 is 35.0 Å². The molecule has 1 aliphatic rings. The first-order chi connectivity index (χ1) is 16.7. The van der Waals surface area contributed by atoms with E-state index in [0.29, 0.717) is 38.8 Å². The molecule has 5 nitrogen and oxygen atoms in total. The van der Waals surface area contributed by atoms with Gasteiger partial charge in [-0.25, -0.2) is 0 Å². The lowest BCUT2D eigenvalue weighted by atomic mass is 9.75. The maximum absolute atomic E-state index is 12.9. The summed E-state index contributed by atoms with van der Waals surface area (Å²) in [7, 11) is 0. The molecule has 0 bridgehead atoms. The molecule has 2 aromatic carbocycles. The molecule has 0 amide bonds. The molecule has 1 saturated carbocycles. The van der Waals surface area contributed by atoms with Crippen molar-refractivity contribution in [2.45, 2.75) is 58.2 Å². The van der Waals surface area contributed by atoms with Crippen LogP contribution < -0.4 is 0 Å². The van der Waals surface area contributed by atoms with Crippen LogP contribution in [0.15, 0.2) is 47.6 Å². The Morgan fingerprint density at radius 1 is 1.14 bits per heavy atom. The molecule has 4 rings (SSSR count). The zero-order chi connectivity index (χ0) is 25.1. The quantitative estimate of drug-likeness (QED) is 0.231. The topological polar surface area (TPSA) is 57.0 Å². The molecular formula is C27H31Cl2N3O2S. The Morgan fingerprint density at radius 2 is 1.89 bits per heavy atom. The third-order valence-electron chi connectivity index (χ3n) is 6.71. The highest BCUT2D eigenvalue weighted by Gasteiger charge is 2.33. The van der Waals surface area contributed by atoms with E-state index in [-0.39, 0.29) is 17.8 Å². The molecule has 3 aromatic rings. The third kappa shape index (κ3) is 6.22. The number of aromatic nitrogens is 3. The van der Waals surface area contributed by atoms with Crippen molar-refractivity contribution in [2.24, 2.45) is 17.8 Å². The van der Waals surface area contributed by atoms with E-state index in [1.54, 1.807) is 0 Å². The fourth-order valence-electron chi connectivity index (χ4n) is 4.68. The lowest BCUT2D eigenvalue weighted by Gasteiger charge is -2.36. The molecule has 1 heterocycles. The molecule has 0 radical (unpaired) electrons. The number of hydrogen-bond acceptors (Lipinski definition) is 5. The molecule has 0 saturated heterocycles. The first kappa shape index (κ1) is 26.1. The van der Waals surface area contributed by atoms with E-state index >= 15 is 0 Å². The van der Waals surface area contributed by atoms with E-state index in [2.05, 4.69) is 31.0 Å². The maximum Gasteiger partial charge on any atom is 0.316 e. The van der Waals surface area contributed by atoms with E-state index < -0.39 is 0 Å². The van der Waals surface area contributed by atoms with Gasteiger partial charge in [0.1, 0.15) is 6.10 Å². The van der Waals surface area contributed by atoms with Crippen molar-refractivity contribution in [3.05, 3.63) is 58.1 Å². The van der Waals surface area contributed by atoms with Crippen LogP contribution in [0.2, 0.25) is 10.0 Å². The molecule has 35 heavy (non-hydrogen) atoms. The monoisotopic (exact) mass is 531 g/mol. The molecule has 0 aliphatic heterocycles. The fourth-order valence-corrected chi connectivity index (χ4v) is 5.71. The lowest BCUT2D eigenvalue weighted by Crippen LogP contribution is -2.36. The van der Waals surface area contributed by atoms with Gasteiger partial charge < -0.3 is 4.74 Å². The largest absolute Gasteiger partial charge is 0.461 e. The minimum atomic E-state index is -0.218. The van der Waals surface area contributed by atoms with Crippen molar-refractivity contribution in [2.75, 3.05) is 5.75 Å². The summed E-state index contributed by atoms with van der Waals surface area (Å²) in [5.41, 5.74) is 2.67. The Kier molecular flexibility index (Phi) is 8.46. The number of ether oxygens (including phenoxy) is 1. The highest BCUT2D eigenvalue weighted by molar-refractivity contribution is 7.99. The summed E-state index contributed by atoms with van der Waals surface area (Å²) in [4.78, 5) is 12.9. The number of rotatable bonds is 7. The number of nitrogens with zero attached hydrogens (tertiary/aromatic N) is 3. The molecule has 1 aliphatic carbocycles. The fraction of sp³-hybridized carbons (Fsp3) is 0.444. The van der Waals surface area contributed by atoms with Crippen molar-refractivity contribution < 1.29 is 9.53 Å². The minimum absolute atomic E-state index is 0.0229. The first-order valence-electron chi connectivity index (χ1n) is 12.0. The molecule has 3 atom stereocenters. The van der Waals surface area contributed by atoms with Crippen molar-refractivity contribution in [3.63, 3.8) is 0 Å². The number of carbonyl (C=O) groups excluding carboxylic acids is 1. The van der Waals surface area contributed by atoms with Crippen LogP contribution in [0.4, 0.5) is 0 Å². The third-order valence-corrected chi connectivity index (χ3v) is 8.27. The van der Waals surface area contributed by atoms with Crippen molar-refractivity contribution in [1.29, 1.82) is 0 Å². The Hall–Kier alpha value is -2.02. The van der Waals surface area contributed by atoms with Gasteiger partial charge in [0.05, 0.1) is 11.4 Å². The van der Waals surface area contributed by atoms with Gasteiger partial charge in [-0.15, -0.1) is 10.2 Å². The number of esters is 1. The number of halogens is 2. The Morgan fingerprint density at radius 3 is 2.57 bits per heavy atom. The number of thioether (sulfide) groups is 1. The zero-order valence-corrected chi connectivity index (χ0v) is 22.8. The summed E-state index contributed by atoms with van der Waals surface area (Å²) in [6.07, 6.45) is 3.21. The van der Waals surface area contributed by atoms with Gasteiger partial charge >= 0.3 is 5.97 Å². The van der Waals surface area contributed by atoms with E-state index in [9.17, 15) is 4.79 Å². The van der Waals surface area contributed by atoms with Crippen LogP contribution in [-0.2, 0) is 9.53 Å². The van der Waals surface area contributed by atoms with E-state index in [4.69, 9.17) is 27.9 Å². The van der Waals surface area contributed by atoms with Crippen LogP contribution in [0.3, 0.4) is 0 Å². The van der Waals surface area contributed by atoms with Crippen LogP contribution in [0.25, 0.3) is 17.1 Å². The summed E-state index contributed by atoms with van der Waals surface area (Å²) in [5.74, 6) is 2.07. The first-order valence-corrected chi connectivity index (χ1v) is 13.8. The lowest BCUT2D eigenvalue weighted by molar-refractivity contribution is -0.152. The highest BCUT2D eigenvalue weighted by atomic mass is 35.5. The normalized spacial score (nSPS) is 20.3. The summed E-state index contributed by atoms with van der Waals surface area (Å²) in [6, 6.07) is 13.3. The molecule has 1 fully saturated rings. The standard InChI is InChI=1S/C27H31Cl2N3O2S/c1-16(2)22-12-5-17(3)13-24(22)34-25(33)15-35-27-31-30-26(19-7-9-20(28)10-8-19)32(27)21-11-6-18(4)23(29)14-21/h6-11,14,16-17,22,24H,5,12-13,15H2,1-4H3/t17-,22+,24-/m1/s1. The predicted molar refractivity (Wildman–Crippen MR) is 143 cm³/mol. The van der Waals surface area contributed by atoms with Crippen LogP contribution in [-0.4, -0.2) is 32.6 Å². The minimum Gasteiger partial charge on any atom is -0.461 e. The Labute approximate surface area is 221 Å². The Balaban J connectivity index is 1.57. The van der Waals surface area contributed by atoms with Gasteiger partial charge in [0, 0.05) is 15.6 Å². The number of benzene rings is 2. The van der Waals surface area contributed by atoms with Crippen LogP contribution in [0.1, 0.15) is 45.6 Å². The maximum atomic E-state index is 12.9. The SMILES string of the molecule is Cc1ccc(-n2c(SCC(=O)O[C@@H]3C[C@H](C)CC[C@H]3C(C)C)nnc2-c2ccc(Cl)cc2)cc1Cl. The number of carbonyl (C=O) groups is 1. The molecule has 0 spiro atoms. The van der Waals surface area contributed by atoms with Crippen LogP contribution in [0, 0.1) is 24.7 Å². The van der Waals surface area contributed by atoms with Crippen molar-refractivity contribution in [1.82, 2.24) is 14.8 Å². The average molecular weight is 533 g/mol. The molecular weight excluding hydrogens is 501 g/mol. The molecule has 186 valence electrons. The van der Waals surface area contributed by atoms with Gasteiger partial charge in [-0.2, -0.15) is 0 Å². The zero-order valence-electron chi connectivity index (χ0n) is 20.5. The van der Waals surface area contributed by atoms with E-state index in [1.165, 1.54) is 18.2 Å². The van der Waals surface area contributed by atoms with Crippen molar-refractivity contribution >= 4 is 40.9 Å². The molecule has 0 unspecified atom stereocenters. The average Bonchev–Trinajstić information content (AvgIpc) is 3.24. The van der Waals surface area contributed by atoms with Crippen molar-refractivity contribution in [3.8, 4) is 17.1 Å². The highest BCUT2D eigenvalue weighted by Crippen LogP contribution is 2.36. The van der Waals surface area contributed by atoms with Gasteiger partial charge in [-0.1, -0.05) is 68.2 Å². The second-order valence-electron chi connectivity index (χ2n) is 9.73. The van der Waals surface area contributed by atoms with Gasteiger partial charge in [-0.05, 0) is 79.5 Å². The van der Waals surface area contributed by atoms with E-state index in [1.807, 2.05) is 54.0 Å². The molecule has 8 heteroatoms. The van der Waals surface area contributed by atoms with E-state index in [0.717, 1.165) is 29.7 Å². The summed E-state index contributed by atoms with van der Waals surface area (Å²) < 4.78 is 7.91. The summed E-state index contributed by atoms with van der Waals surface area (Å²) >= 11 is 13.8. The Bertz CT molecular complexity index is 1180. The van der Waals surface area contributed by atoms with Gasteiger partial charge in [-0.3, -0.25) is 9.36 Å². The van der Waals surface area contributed by atoms with Gasteiger partial charge in [0.2, 0.25) is 0 Å². The number of hydrogen-bond donors (Lipinski definition) is 0. The second-order valence-corrected chi connectivity index (χ2v) is 11.5. The summed E-state index contributed by atoms with van der Waals surface area (Å²) in [6.45, 7) is 8.62. The number of aryl methyl sites for hydroxylation is 1. The summed E-state index contributed by atoms with van der Waals surface area (Å²) in [5, 5.41) is 10.7. The van der Waals surface area contributed by atoms with Crippen LogP contribution in [0.5, 0.6) is 0 Å².